The van der Waals surface area contributed by atoms with Gasteiger partial charge in [-0.15, -0.1) is 0 Å². The average Bonchev–Trinajstić information content (AvgIpc) is 2.60. The molecule has 0 fully saturated rings. The second kappa shape index (κ2) is 8.81. The van der Waals surface area contributed by atoms with Crippen molar-refractivity contribution in [2.75, 3.05) is 24.2 Å². The molecule has 1 amide bonds. The third kappa shape index (κ3) is 5.85. The second-order valence-corrected chi connectivity index (χ2v) is 8.13. The van der Waals surface area contributed by atoms with Crippen molar-refractivity contribution in [3.8, 4) is 5.75 Å². The van der Waals surface area contributed by atoms with Crippen LogP contribution < -0.4 is 14.5 Å². The Labute approximate surface area is 160 Å². The molecule has 138 valence electrons. The molecule has 9 heteroatoms. The van der Waals surface area contributed by atoms with E-state index in [4.69, 9.17) is 4.74 Å². The summed E-state index contributed by atoms with van der Waals surface area (Å²) in [6, 6.07) is 13.7. The van der Waals surface area contributed by atoms with E-state index in [0.29, 0.717) is 11.4 Å². The molecule has 0 aliphatic heterocycles. The summed E-state index contributed by atoms with van der Waals surface area (Å²) < 4.78 is 30.9. The minimum atomic E-state index is -3.62. The van der Waals surface area contributed by atoms with Gasteiger partial charge in [-0.3, -0.25) is 9.10 Å². The third-order valence-electron chi connectivity index (χ3n) is 3.32. The summed E-state index contributed by atoms with van der Waals surface area (Å²) in [5.41, 5.74) is 3.48. The van der Waals surface area contributed by atoms with Gasteiger partial charge in [0.2, 0.25) is 10.0 Å². The molecular weight excluding hydrogens is 422 g/mol. The van der Waals surface area contributed by atoms with E-state index in [1.165, 1.54) is 6.21 Å². The number of carbonyl (C=O) groups excluding carboxylic acids is 1. The fraction of sp³-hybridized carbons (Fsp3) is 0.176. The Bertz CT molecular complexity index is 881. The molecule has 0 heterocycles. The molecule has 0 radical (unpaired) electrons. The largest absolute Gasteiger partial charge is 0.497 e. The lowest BCUT2D eigenvalue weighted by Gasteiger charge is -2.21. The number of hydrogen-bond donors (Lipinski definition) is 1. The Hall–Kier alpha value is -2.39. The maximum Gasteiger partial charge on any atom is 0.260 e. The van der Waals surface area contributed by atoms with E-state index in [1.807, 2.05) is 0 Å². The molecule has 1 N–H and O–H groups in total. The molecule has 0 saturated carbocycles. The fourth-order valence-corrected chi connectivity index (χ4v) is 3.16. The highest BCUT2D eigenvalue weighted by Crippen LogP contribution is 2.20. The van der Waals surface area contributed by atoms with Gasteiger partial charge in [-0.1, -0.05) is 15.9 Å². The third-order valence-corrected chi connectivity index (χ3v) is 4.99. The number of amides is 1. The zero-order chi connectivity index (χ0) is 19.2. The number of hydrogen-bond acceptors (Lipinski definition) is 5. The molecular formula is C17H18BrN3O4S. The van der Waals surface area contributed by atoms with Gasteiger partial charge in [-0.25, -0.2) is 13.8 Å². The normalized spacial score (nSPS) is 11.3. The molecule has 2 aromatic carbocycles. The van der Waals surface area contributed by atoms with Crippen molar-refractivity contribution in [3.05, 3.63) is 58.6 Å². The van der Waals surface area contributed by atoms with Crippen molar-refractivity contribution in [2.24, 2.45) is 5.10 Å². The van der Waals surface area contributed by atoms with Gasteiger partial charge in [0.15, 0.2) is 0 Å². The summed E-state index contributed by atoms with van der Waals surface area (Å²) in [4.78, 5) is 12.1. The van der Waals surface area contributed by atoms with E-state index in [-0.39, 0.29) is 6.54 Å². The topological polar surface area (TPSA) is 88.1 Å². The first-order chi connectivity index (χ1) is 12.3. The smallest absolute Gasteiger partial charge is 0.260 e. The summed E-state index contributed by atoms with van der Waals surface area (Å²) in [6.45, 7) is -0.375. The number of hydrazone groups is 1. The molecule has 2 aromatic rings. The Morgan fingerprint density at radius 2 is 1.81 bits per heavy atom. The van der Waals surface area contributed by atoms with Crippen LogP contribution >= 0.6 is 15.9 Å². The number of rotatable bonds is 7. The van der Waals surface area contributed by atoms with E-state index < -0.39 is 15.9 Å². The monoisotopic (exact) mass is 439 g/mol. The Balaban J connectivity index is 2.02. The summed E-state index contributed by atoms with van der Waals surface area (Å²) in [6.07, 6.45) is 2.50. The minimum Gasteiger partial charge on any atom is -0.497 e. The van der Waals surface area contributed by atoms with Gasteiger partial charge in [-0.2, -0.15) is 5.10 Å². The lowest BCUT2D eigenvalue weighted by atomic mass is 10.2. The number of carbonyl (C=O) groups is 1. The fourth-order valence-electron chi connectivity index (χ4n) is 2.04. The van der Waals surface area contributed by atoms with Gasteiger partial charge in [0.1, 0.15) is 12.3 Å². The van der Waals surface area contributed by atoms with Crippen LogP contribution in [-0.2, 0) is 14.8 Å². The van der Waals surface area contributed by atoms with Gasteiger partial charge in [0, 0.05) is 4.47 Å². The molecule has 0 unspecified atom stereocenters. The lowest BCUT2D eigenvalue weighted by molar-refractivity contribution is -0.119. The Morgan fingerprint density at radius 1 is 1.19 bits per heavy atom. The SMILES string of the molecule is COc1ccc(/C=N\NC(=O)CN(c2ccc(Br)cc2)S(C)(=O)=O)cc1. The van der Waals surface area contributed by atoms with Crippen molar-refractivity contribution in [1.82, 2.24) is 5.43 Å². The van der Waals surface area contributed by atoms with Crippen LogP contribution in [0.15, 0.2) is 58.1 Å². The second-order valence-electron chi connectivity index (χ2n) is 5.31. The maximum atomic E-state index is 12.1. The standard InChI is InChI=1S/C17H18BrN3O4S/c1-25-16-9-3-13(4-10-16)11-19-20-17(22)12-21(26(2,23)24)15-7-5-14(18)6-8-15/h3-11H,12H2,1-2H3,(H,20,22)/b19-11-. The number of nitrogens with zero attached hydrogens (tertiary/aromatic N) is 2. The minimum absolute atomic E-state index is 0.375. The summed E-state index contributed by atoms with van der Waals surface area (Å²) >= 11 is 3.29. The summed E-state index contributed by atoms with van der Waals surface area (Å²) in [7, 11) is -2.05. The highest BCUT2D eigenvalue weighted by atomic mass is 79.9. The molecule has 0 bridgehead atoms. The molecule has 0 spiro atoms. The van der Waals surface area contributed by atoms with Crippen LogP contribution in [0.4, 0.5) is 5.69 Å². The van der Waals surface area contributed by atoms with E-state index in [1.54, 1.807) is 55.6 Å². The van der Waals surface area contributed by atoms with Crippen LogP contribution in [0.25, 0.3) is 0 Å². The molecule has 7 nitrogen and oxygen atoms in total. The van der Waals surface area contributed by atoms with Gasteiger partial charge in [0.25, 0.3) is 5.91 Å². The Morgan fingerprint density at radius 3 is 2.35 bits per heavy atom. The van der Waals surface area contributed by atoms with Gasteiger partial charge < -0.3 is 4.74 Å². The van der Waals surface area contributed by atoms with Crippen LogP contribution in [-0.4, -0.2) is 40.4 Å². The first kappa shape index (κ1) is 19.9. The van der Waals surface area contributed by atoms with E-state index in [9.17, 15) is 13.2 Å². The number of methoxy groups -OCH3 is 1. The number of sulfonamides is 1. The van der Waals surface area contributed by atoms with Crippen molar-refractivity contribution >= 4 is 43.8 Å². The summed E-state index contributed by atoms with van der Waals surface area (Å²) in [5.74, 6) is 0.160. The van der Waals surface area contributed by atoms with E-state index >= 15 is 0 Å². The highest BCUT2D eigenvalue weighted by molar-refractivity contribution is 9.10. The van der Waals surface area contributed by atoms with Crippen molar-refractivity contribution in [3.63, 3.8) is 0 Å². The van der Waals surface area contributed by atoms with Gasteiger partial charge in [0.05, 0.1) is 25.3 Å². The molecule has 0 aliphatic rings. The zero-order valence-electron chi connectivity index (χ0n) is 14.2. The quantitative estimate of drug-likeness (QED) is 0.529. The molecule has 2 rings (SSSR count). The van der Waals surface area contributed by atoms with Crippen LogP contribution in [0.1, 0.15) is 5.56 Å². The van der Waals surface area contributed by atoms with Crippen LogP contribution in [0.3, 0.4) is 0 Å². The van der Waals surface area contributed by atoms with Crippen LogP contribution in [0.2, 0.25) is 0 Å². The first-order valence-corrected chi connectivity index (χ1v) is 10.1. The predicted octanol–water partition coefficient (Wildman–Crippen LogP) is 2.37. The van der Waals surface area contributed by atoms with Crippen LogP contribution in [0.5, 0.6) is 5.75 Å². The first-order valence-electron chi connectivity index (χ1n) is 7.49. The van der Waals surface area contributed by atoms with Crippen molar-refractivity contribution in [1.29, 1.82) is 0 Å². The Kier molecular flexibility index (Phi) is 6.76. The predicted molar refractivity (Wildman–Crippen MR) is 105 cm³/mol. The molecule has 0 saturated heterocycles. The maximum absolute atomic E-state index is 12.1. The van der Waals surface area contributed by atoms with Gasteiger partial charge in [-0.05, 0) is 54.1 Å². The highest BCUT2D eigenvalue weighted by Gasteiger charge is 2.20. The number of ether oxygens (including phenoxy) is 1. The van der Waals surface area contributed by atoms with E-state index in [2.05, 4.69) is 26.5 Å². The lowest BCUT2D eigenvalue weighted by Crippen LogP contribution is -2.38. The molecule has 0 aliphatic carbocycles. The van der Waals surface area contributed by atoms with Crippen molar-refractivity contribution in [2.45, 2.75) is 0 Å². The zero-order valence-corrected chi connectivity index (χ0v) is 16.6. The average molecular weight is 440 g/mol. The van der Waals surface area contributed by atoms with E-state index in [0.717, 1.165) is 20.6 Å². The molecule has 0 aromatic heterocycles. The number of anilines is 1. The van der Waals surface area contributed by atoms with Crippen molar-refractivity contribution < 1.29 is 17.9 Å². The van der Waals surface area contributed by atoms with Crippen LogP contribution in [0, 0.1) is 0 Å². The number of halogens is 1. The number of nitrogens with one attached hydrogen (secondary N) is 1. The number of benzene rings is 2. The summed E-state index contributed by atoms with van der Waals surface area (Å²) in [5, 5.41) is 3.85. The molecule has 0 atom stereocenters. The van der Waals surface area contributed by atoms with Gasteiger partial charge >= 0.3 is 0 Å². The molecule has 26 heavy (non-hydrogen) atoms.